The second kappa shape index (κ2) is 5.58. The molecule has 4 nitrogen and oxygen atoms in total. The summed E-state index contributed by atoms with van der Waals surface area (Å²) in [5.41, 5.74) is 1.09. The Morgan fingerprint density at radius 2 is 1.94 bits per heavy atom. The van der Waals surface area contributed by atoms with Crippen molar-refractivity contribution in [3.63, 3.8) is 0 Å². The maximum Gasteiger partial charge on any atom is 0.0952 e. The molecule has 0 saturated heterocycles. The molecule has 2 rings (SSSR count). The highest BCUT2D eigenvalue weighted by molar-refractivity contribution is 5.52. The fourth-order valence-corrected chi connectivity index (χ4v) is 1.71. The molecule has 90 valence electrons. The van der Waals surface area contributed by atoms with Crippen molar-refractivity contribution in [1.82, 2.24) is 4.90 Å². The molecule has 0 fully saturated rings. The van der Waals surface area contributed by atoms with Crippen LogP contribution in [0.15, 0.2) is 30.3 Å². The van der Waals surface area contributed by atoms with Crippen molar-refractivity contribution >= 4 is 5.69 Å². The monoisotopic (exact) mass is 232 g/mol. The highest BCUT2D eigenvalue weighted by atomic mass is 16.3. The largest absolute Gasteiger partial charge is 0.394 e. The summed E-state index contributed by atoms with van der Waals surface area (Å²) in [7, 11) is 0. The van der Waals surface area contributed by atoms with E-state index in [0.29, 0.717) is 6.54 Å². The van der Waals surface area contributed by atoms with Crippen LogP contribution in [-0.2, 0) is 0 Å². The Morgan fingerprint density at radius 3 is 2.53 bits per heavy atom. The number of hydrogen-bond donors (Lipinski definition) is 2. The average Bonchev–Trinajstić information content (AvgIpc) is 2.40. The van der Waals surface area contributed by atoms with Gasteiger partial charge in [-0.05, 0) is 12.1 Å². The Kier molecular flexibility index (Phi) is 3.86. The number of aliphatic hydroxyl groups is 2. The third-order valence-corrected chi connectivity index (χ3v) is 2.65. The van der Waals surface area contributed by atoms with E-state index in [2.05, 4.69) is 12.1 Å². The minimum Gasteiger partial charge on any atom is -0.394 e. The summed E-state index contributed by atoms with van der Waals surface area (Å²) in [5.74, 6) is 0. The summed E-state index contributed by atoms with van der Waals surface area (Å²) < 4.78 is 0. The number of hydrogen-bond acceptors (Lipinski definition) is 4. The Morgan fingerprint density at radius 1 is 1.18 bits per heavy atom. The summed E-state index contributed by atoms with van der Waals surface area (Å²) in [6.45, 7) is 1.74. The van der Waals surface area contributed by atoms with Crippen LogP contribution in [-0.4, -0.2) is 47.5 Å². The van der Waals surface area contributed by atoms with Gasteiger partial charge in [-0.1, -0.05) is 18.2 Å². The number of aliphatic hydroxyl groups excluding tert-OH is 2. The number of β-amino-alcohol motifs (C(OH)–C–C–N with tert-alkyl or cyclic N) is 1. The van der Waals surface area contributed by atoms with Crippen molar-refractivity contribution in [2.24, 2.45) is 0 Å². The molecule has 0 aromatic heterocycles. The first-order chi connectivity index (χ1) is 8.29. The first-order valence-corrected chi connectivity index (χ1v) is 5.67. The summed E-state index contributed by atoms with van der Waals surface area (Å²) in [5, 5.41) is 18.1. The van der Waals surface area contributed by atoms with Gasteiger partial charge in [0.25, 0.3) is 0 Å². The summed E-state index contributed by atoms with van der Waals surface area (Å²) in [6, 6.07) is 16.0. The number of benzene rings is 1. The van der Waals surface area contributed by atoms with Gasteiger partial charge in [0.2, 0.25) is 0 Å². The molecule has 1 aliphatic rings. The van der Waals surface area contributed by atoms with Crippen LogP contribution < -0.4 is 4.90 Å². The quantitative estimate of drug-likeness (QED) is 0.722. The van der Waals surface area contributed by atoms with Gasteiger partial charge in [0.1, 0.15) is 0 Å². The molecular weight excluding hydrogens is 216 g/mol. The fourth-order valence-electron chi connectivity index (χ4n) is 1.71. The Balaban J connectivity index is 1.97. The first kappa shape index (κ1) is 11.8. The highest BCUT2D eigenvalue weighted by Crippen LogP contribution is 2.13. The van der Waals surface area contributed by atoms with Crippen molar-refractivity contribution in [3.8, 4) is 12.1 Å². The van der Waals surface area contributed by atoms with Crippen LogP contribution in [0.4, 0.5) is 5.69 Å². The molecule has 4 heteroatoms. The minimum absolute atomic E-state index is 0.222. The van der Waals surface area contributed by atoms with Crippen LogP contribution >= 0.6 is 0 Å². The van der Waals surface area contributed by atoms with Crippen molar-refractivity contribution in [2.75, 3.05) is 31.1 Å². The molecule has 2 N–H and O–H groups in total. The van der Waals surface area contributed by atoms with Crippen LogP contribution in [0.3, 0.4) is 0 Å². The molecule has 0 unspecified atom stereocenters. The van der Waals surface area contributed by atoms with Crippen LogP contribution in [0.5, 0.6) is 0 Å². The lowest BCUT2D eigenvalue weighted by Crippen LogP contribution is -2.39. The number of rotatable bonds is 4. The van der Waals surface area contributed by atoms with Gasteiger partial charge in [0, 0.05) is 30.9 Å². The Hall–Kier alpha value is -1.70. The molecule has 1 aromatic carbocycles. The van der Waals surface area contributed by atoms with Crippen molar-refractivity contribution in [1.29, 1.82) is 0 Å². The smallest absolute Gasteiger partial charge is 0.0952 e. The van der Waals surface area contributed by atoms with E-state index in [9.17, 15) is 5.11 Å². The lowest BCUT2D eigenvalue weighted by atomic mass is 10.2. The van der Waals surface area contributed by atoms with Gasteiger partial charge in [-0.25, -0.2) is 0 Å². The van der Waals surface area contributed by atoms with Gasteiger partial charge in [0.15, 0.2) is 0 Å². The van der Waals surface area contributed by atoms with E-state index in [-0.39, 0.29) is 6.61 Å². The maximum atomic E-state index is 9.32. The Labute approximate surface area is 101 Å². The molecule has 1 aliphatic heterocycles. The average molecular weight is 232 g/mol. The zero-order valence-electron chi connectivity index (χ0n) is 9.58. The fraction of sp³-hybridized carbons (Fsp3) is 0.385. The molecule has 0 radical (unpaired) electrons. The van der Waals surface area contributed by atoms with E-state index >= 15 is 0 Å². The summed E-state index contributed by atoms with van der Waals surface area (Å²) >= 11 is 0. The Bertz CT molecular complexity index is 410. The van der Waals surface area contributed by atoms with E-state index in [1.54, 1.807) is 0 Å². The normalized spacial score (nSPS) is 16.4. The van der Waals surface area contributed by atoms with Crippen LogP contribution in [0.25, 0.3) is 0 Å². The van der Waals surface area contributed by atoms with E-state index in [1.165, 1.54) is 0 Å². The first-order valence-electron chi connectivity index (χ1n) is 5.67. The highest BCUT2D eigenvalue weighted by Gasteiger charge is 2.13. The molecule has 0 saturated carbocycles. The molecule has 0 amide bonds. The third kappa shape index (κ3) is 3.13. The maximum absolute atomic E-state index is 9.32. The third-order valence-electron chi connectivity index (χ3n) is 2.65. The molecule has 0 spiro atoms. The van der Waals surface area contributed by atoms with E-state index in [0.717, 1.165) is 18.8 Å². The van der Waals surface area contributed by atoms with E-state index in [4.69, 9.17) is 5.11 Å². The molecule has 1 aromatic rings. The second-order valence-corrected chi connectivity index (χ2v) is 3.99. The molecule has 17 heavy (non-hydrogen) atoms. The number of nitrogens with zero attached hydrogens (tertiary/aromatic N) is 2. The van der Waals surface area contributed by atoms with Crippen molar-refractivity contribution in [3.05, 3.63) is 30.3 Å². The van der Waals surface area contributed by atoms with E-state index < -0.39 is 6.10 Å². The van der Waals surface area contributed by atoms with Crippen LogP contribution in [0, 0.1) is 12.1 Å². The molecule has 1 atom stereocenters. The van der Waals surface area contributed by atoms with Gasteiger partial charge in [-0.2, -0.15) is 0 Å². The molecular formula is C13H16N2O2. The minimum atomic E-state index is -0.715. The number of para-hydroxylation sites is 1. The predicted molar refractivity (Wildman–Crippen MR) is 66.2 cm³/mol. The standard InChI is InChI=1S/C13H16N2O2/c16-11-13(17)10-14-6-8-15(9-7-14)12-4-2-1-3-5-12/h1-5,13,16-17H,6,8,10-11H2/t13-/m0/s1. The van der Waals surface area contributed by atoms with Gasteiger partial charge < -0.3 is 15.1 Å². The molecule has 1 heterocycles. The number of anilines is 1. The molecule has 0 aliphatic carbocycles. The zero-order valence-corrected chi connectivity index (χ0v) is 9.58. The SMILES string of the molecule is OC[C@@H](O)CN1C#CN(c2ccccc2)CC1. The van der Waals surface area contributed by atoms with Crippen molar-refractivity contribution in [2.45, 2.75) is 6.10 Å². The summed E-state index contributed by atoms with van der Waals surface area (Å²) in [4.78, 5) is 3.82. The van der Waals surface area contributed by atoms with E-state index in [1.807, 2.05) is 40.1 Å². The topological polar surface area (TPSA) is 46.9 Å². The lowest BCUT2D eigenvalue weighted by Gasteiger charge is -2.28. The van der Waals surface area contributed by atoms with Gasteiger partial charge in [-0.3, -0.25) is 4.90 Å². The predicted octanol–water partition coefficient (Wildman–Crippen LogP) is 0.0802. The van der Waals surface area contributed by atoms with Crippen LogP contribution in [0.1, 0.15) is 0 Å². The van der Waals surface area contributed by atoms with Gasteiger partial charge in [0.05, 0.1) is 19.3 Å². The zero-order chi connectivity index (χ0) is 12.1. The van der Waals surface area contributed by atoms with Gasteiger partial charge >= 0.3 is 0 Å². The van der Waals surface area contributed by atoms with Crippen LogP contribution in [0.2, 0.25) is 0 Å². The van der Waals surface area contributed by atoms with Gasteiger partial charge in [-0.15, -0.1) is 0 Å². The van der Waals surface area contributed by atoms with Crippen molar-refractivity contribution < 1.29 is 10.2 Å². The lowest BCUT2D eigenvalue weighted by molar-refractivity contribution is 0.0741. The molecule has 0 bridgehead atoms. The summed E-state index contributed by atoms with van der Waals surface area (Å²) in [6.07, 6.45) is -0.715. The second-order valence-electron chi connectivity index (χ2n) is 3.99.